The van der Waals surface area contributed by atoms with E-state index in [-0.39, 0.29) is 49.1 Å². The van der Waals surface area contributed by atoms with Crippen molar-refractivity contribution in [2.75, 3.05) is 89.3 Å². The minimum absolute atomic E-state index is 0.0329. The molecule has 0 unspecified atom stereocenters. The van der Waals surface area contributed by atoms with Gasteiger partial charge in [0.2, 0.25) is 29.2 Å². The van der Waals surface area contributed by atoms with Crippen molar-refractivity contribution in [3.63, 3.8) is 0 Å². The minimum Gasteiger partial charge on any atom is -0.460 e. The third-order valence-corrected chi connectivity index (χ3v) is 18.5. The molecule has 3 aliphatic rings. The number of aromatic nitrogens is 2. The monoisotopic (exact) mass is 1290 g/mol. The van der Waals surface area contributed by atoms with Crippen LogP contribution in [0.3, 0.4) is 0 Å². The van der Waals surface area contributed by atoms with Crippen LogP contribution in [0.4, 0.5) is 24.5 Å². The molecular formula is C69H92F3N11O8S. The Kier molecular flexibility index (Phi) is 24.8. The van der Waals surface area contributed by atoms with Crippen molar-refractivity contribution in [3.05, 3.63) is 123 Å². The van der Waals surface area contributed by atoms with Gasteiger partial charge in [0.25, 0.3) is 5.91 Å². The molecule has 3 fully saturated rings. The Bertz CT molecular complexity index is 3390. The molecule has 3 aliphatic heterocycles. The second-order valence-electron chi connectivity index (χ2n) is 26.2. The first-order valence-corrected chi connectivity index (χ1v) is 33.3. The van der Waals surface area contributed by atoms with E-state index in [4.69, 9.17) is 4.74 Å². The van der Waals surface area contributed by atoms with Crippen molar-refractivity contribution < 1.29 is 46.7 Å². The summed E-state index contributed by atoms with van der Waals surface area (Å²) < 4.78 is 47.7. The fourth-order valence-corrected chi connectivity index (χ4v) is 12.8. The van der Waals surface area contributed by atoms with Crippen molar-refractivity contribution in [3.8, 4) is 21.6 Å². The first-order chi connectivity index (χ1) is 43.8. The lowest BCUT2D eigenvalue weighted by molar-refractivity contribution is -0.153. The topological polar surface area (TPSA) is 222 Å². The van der Waals surface area contributed by atoms with Crippen LogP contribution < -0.4 is 31.7 Å². The molecular weight excluding hydrogens is 1200 g/mol. The van der Waals surface area contributed by atoms with Crippen molar-refractivity contribution in [2.45, 2.75) is 150 Å². The Balaban J connectivity index is 0.712. The number of alkyl halides is 3. The smallest absolute Gasteiger partial charge is 0.417 e. The first kappa shape index (κ1) is 70.4. The van der Waals surface area contributed by atoms with Crippen LogP contribution in [0.15, 0.2) is 89.3 Å². The molecule has 5 aromatic rings. The Morgan fingerprint density at radius 3 is 2.04 bits per heavy atom. The number of likely N-dealkylation sites (N-methyl/N-ethyl adjacent to an activating group) is 1. The molecule has 3 aromatic carbocycles. The average molecular weight is 1290 g/mol. The fraction of sp³-hybridized carbons (Fsp3) is 0.536. The molecule has 498 valence electrons. The quantitative estimate of drug-likeness (QED) is 0.0244. The van der Waals surface area contributed by atoms with Gasteiger partial charge in [-0.05, 0) is 85.2 Å². The number of piperazine rings is 2. The highest BCUT2D eigenvalue weighted by Crippen LogP contribution is 2.36. The molecule has 19 nitrogen and oxygen atoms in total. The van der Waals surface area contributed by atoms with E-state index < -0.39 is 64.2 Å². The minimum atomic E-state index is -4.91. The van der Waals surface area contributed by atoms with Crippen LogP contribution in [-0.2, 0) is 41.4 Å². The maximum Gasteiger partial charge on any atom is 0.417 e. The average Bonchev–Trinajstić information content (AvgIpc) is 1.35. The summed E-state index contributed by atoms with van der Waals surface area (Å²) in [6, 6.07) is 19.9. The van der Waals surface area contributed by atoms with Gasteiger partial charge < -0.3 is 45.7 Å². The summed E-state index contributed by atoms with van der Waals surface area (Å²) in [6.45, 7) is 21.3. The predicted molar refractivity (Wildman–Crippen MR) is 353 cm³/mol. The van der Waals surface area contributed by atoms with E-state index >= 15 is 0 Å². The summed E-state index contributed by atoms with van der Waals surface area (Å²) in [6.07, 6.45) is 2.18. The molecule has 0 saturated carbocycles. The number of unbranched alkanes of at least 4 members (excludes halogenated alkanes) is 6. The Morgan fingerprint density at radius 1 is 0.761 bits per heavy atom. The number of esters is 1. The van der Waals surface area contributed by atoms with E-state index in [0.717, 1.165) is 129 Å². The number of aromatic amines is 1. The molecule has 0 spiro atoms. The lowest BCUT2D eigenvalue weighted by Gasteiger charge is -2.35. The number of nitrogens with zero attached hydrogens (tertiary/aromatic N) is 6. The summed E-state index contributed by atoms with van der Waals surface area (Å²) in [5.74, 6) is -2.73. The van der Waals surface area contributed by atoms with Gasteiger partial charge in [-0.3, -0.25) is 43.4 Å². The van der Waals surface area contributed by atoms with Gasteiger partial charge in [0.1, 0.15) is 18.2 Å². The number of rotatable bonds is 27. The molecule has 0 bridgehead atoms. The normalized spacial score (nSPS) is 17.5. The van der Waals surface area contributed by atoms with Crippen LogP contribution in [0.25, 0.3) is 21.6 Å². The number of likely N-dealkylation sites (tertiary alicyclic amines) is 1. The number of benzene rings is 3. The van der Waals surface area contributed by atoms with Crippen molar-refractivity contribution in [1.29, 1.82) is 0 Å². The van der Waals surface area contributed by atoms with E-state index in [2.05, 4.69) is 63.0 Å². The van der Waals surface area contributed by atoms with E-state index in [9.17, 15) is 46.7 Å². The Hall–Kier alpha value is -7.47. The third-order valence-electron chi connectivity index (χ3n) is 17.6. The molecule has 5 N–H and O–H groups in total. The number of thiazole rings is 1. The highest BCUT2D eigenvalue weighted by molar-refractivity contribution is 7.13. The number of nitrogens with one attached hydrogen (secondary N) is 5. The van der Waals surface area contributed by atoms with Gasteiger partial charge in [0.05, 0.1) is 57.1 Å². The number of anilines is 2. The number of amides is 5. The second kappa shape index (κ2) is 32.4. The van der Waals surface area contributed by atoms with Gasteiger partial charge in [0.15, 0.2) is 0 Å². The van der Waals surface area contributed by atoms with Gasteiger partial charge in [0, 0.05) is 104 Å². The lowest BCUT2D eigenvalue weighted by Crippen LogP contribution is -2.57. The number of aryl methyl sites for hydroxylation is 1. The summed E-state index contributed by atoms with van der Waals surface area (Å²) in [4.78, 5) is 111. The van der Waals surface area contributed by atoms with E-state index in [1.54, 1.807) is 31.3 Å². The highest BCUT2D eigenvalue weighted by Gasteiger charge is 2.46. The zero-order valence-electron chi connectivity index (χ0n) is 54.5. The number of hydrogen-bond donors (Lipinski definition) is 5. The zero-order chi connectivity index (χ0) is 66.3. The third kappa shape index (κ3) is 19.8. The van der Waals surface area contributed by atoms with Gasteiger partial charge in [-0.2, -0.15) is 13.2 Å². The van der Waals surface area contributed by atoms with Crippen LogP contribution in [0, 0.1) is 18.3 Å². The van der Waals surface area contributed by atoms with Crippen LogP contribution in [0.1, 0.15) is 145 Å². The SMILES string of the molecule is Cc1ncsc1-c1ccc([C@H](C)NC(=O)[C@@H]2C[C@@H](OC(=O)C(C)C)CN2C(=O)[C@@H](NC(=O)CCCCCCCCCC(=O)NCCN2CCN(Cc3cccc(-c4ccc(N5CCN(C)CC5)c(NC(=O)c5c[nH]c(=O)cc5C(F)(F)F)c4)c3)CC2)C(C)(C)C)cc1. The summed E-state index contributed by atoms with van der Waals surface area (Å²) >= 11 is 1.57. The van der Waals surface area contributed by atoms with Gasteiger partial charge in [-0.25, -0.2) is 4.98 Å². The van der Waals surface area contributed by atoms with Gasteiger partial charge in [-0.1, -0.05) is 115 Å². The number of H-pyrrole nitrogens is 1. The van der Waals surface area contributed by atoms with E-state index in [0.29, 0.717) is 56.5 Å². The number of hydrogen-bond acceptors (Lipinski definition) is 14. The summed E-state index contributed by atoms with van der Waals surface area (Å²) in [5.41, 5.74) is 4.90. The standard InChI is InChI=1S/C69H92F3N11O8S/c1-45(2)67(90)91-53-39-58(65(88)76-46(3)49-21-23-50(24-22-49)62-47(4)75-44-92-62)83(43-53)66(89)63(68(5,6)7)78-60(85)20-15-13-11-9-10-12-14-19-59(84)73-27-28-80-31-33-81(34-32-80)42-48-17-16-18-51(37-48)52-25-26-57(82-35-29-79(8)30-36-82)56(38-52)77-64(87)54-41-74-61(86)40-55(54)69(70,71)72/h16-18,21-26,37-38,40-41,44-46,53,58,63H,9-15,19-20,27-36,39,42-43H2,1-8H3,(H,73,84)(H,74,86)(H,76,88)(H,77,87)(H,78,85)/t46-,53+,58-,63+/m0/s1. The summed E-state index contributed by atoms with van der Waals surface area (Å²) in [7, 11) is 2.02. The van der Waals surface area contributed by atoms with Crippen molar-refractivity contribution >= 4 is 58.2 Å². The Labute approximate surface area is 542 Å². The molecule has 0 radical (unpaired) electrons. The number of ether oxygens (including phenoxy) is 1. The largest absolute Gasteiger partial charge is 0.460 e. The maximum absolute atomic E-state index is 14.5. The molecule has 92 heavy (non-hydrogen) atoms. The number of pyridine rings is 1. The second-order valence-corrected chi connectivity index (χ2v) is 27.0. The van der Waals surface area contributed by atoms with Gasteiger partial charge in [-0.15, -0.1) is 11.3 Å². The van der Waals surface area contributed by atoms with E-state index in [1.165, 1.54) is 4.90 Å². The number of carbonyl (C=O) groups excluding carboxylic acids is 6. The predicted octanol–water partition coefficient (Wildman–Crippen LogP) is 9.82. The molecule has 4 atom stereocenters. The van der Waals surface area contributed by atoms with Crippen molar-refractivity contribution in [2.24, 2.45) is 11.3 Å². The first-order valence-electron chi connectivity index (χ1n) is 32.4. The molecule has 23 heteroatoms. The lowest BCUT2D eigenvalue weighted by atomic mass is 9.85. The molecule has 5 amide bonds. The van der Waals surface area contributed by atoms with E-state index in [1.807, 2.05) is 95.7 Å². The van der Waals surface area contributed by atoms with Crippen LogP contribution in [0.2, 0.25) is 0 Å². The molecule has 3 saturated heterocycles. The number of carbonyl (C=O) groups is 6. The zero-order valence-corrected chi connectivity index (χ0v) is 55.3. The molecule has 5 heterocycles. The van der Waals surface area contributed by atoms with Gasteiger partial charge >= 0.3 is 12.1 Å². The molecule has 2 aromatic heterocycles. The van der Waals surface area contributed by atoms with Crippen LogP contribution >= 0.6 is 11.3 Å². The number of halogens is 3. The molecule has 8 rings (SSSR count). The fourth-order valence-electron chi connectivity index (χ4n) is 12.0. The van der Waals surface area contributed by atoms with Crippen molar-refractivity contribution in [1.82, 2.24) is 45.5 Å². The molecule has 0 aliphatic carbocycles. The van der Waals surface area contributed by atoms with Crippen LogP contribution in [0.5, 0.6) is 0 Å². The Morgan fingerprint density at radius 2 is 1.40 bits per heavy atom. The summed E-state index contributed by atoms with van der Waals surface area (Å²) in [5, 5.41) is 11.9. The van der Waals surface area contributed by atoms with Crippen LogP contribution in [-0.4, -0.2) is 162 Å². The maximum atomic E-state index is 14.5. The highest BCUT2D eigenvalue weighted by atomic mass is 32.1.